The molecule has 0 unspecified atom stereocenters. The summed E-state index contributed by atoms with van der Waals surface area (Å²) >= 11 is 1.71. The Hall–Kier alpha value is -2.48. The van der Waals surface area contributed by atoms with E-state index in [1.165, 1.54) is 0 Å². The second-order valence-electron chi connectivity index (χ2n) is 8.28. The summed E-state index contributed by atoms with van der Waals surface area (Å²) in [5.41, 5.74) is 2.67. The number of β-amino-alcohol motifs (C(OH)–C–C–N with tert-alkyl or cyclic N) is 1. The van der Waals surface area contributed by atoms with Gasteiger partial charge in [-0.05, 0) is 50.2 Å². The first kappa shape index (κ1) is 20.4. The number of para-hydroxylation sites is 1. The summed E-state index contributed by atoms with van der Waals surface area (Å²) in [5, 5.41) is 13.5. The topological polar surface area (TPSA) is 74.7 Å². The summed E-state index contributed by atoms with van der Waals surface area (Å²) in [7, 11) is 0. The number of aliphatic hydroxyl groups is 1. The van der Waals surface area contributed by atoms with Crippen LogP contribution in [0.5, 0.6) is 5.75 Å². The standard InChI is InChI=1S/C24H27N3O3S/c28-13-12-27-10-7-16(8-11-27)24-26-20-6-5-17(15-22(20)31-24)23(29)25-19-9-14-30-21-4-2-1-3-18(19)21/h1-6,15-16,19,28H,7-14H2,(H,25,29)/t19-/m0/s1. The van der Waals surface area contributed by atoms with Gasteiger partial charge in [0.15, 0.2) is 0 Å². The normalized spacial score (nSPS) is 19.7. The minimum Gasteiger partial charge on any atom is -0.493 e. The first-order chi connectivity index (χ1) is 15.2. The largest absolute Gasteiger partial charge is 0.493 e. The number of benzene rings is 2. The van der Waals surface area contributed by atoms with Gasteiger partial charge in [-0.1, -0.05) is 18.2 Å². The first-order valence-electron chi connectivity index (χ1n) is 11.0. The first-order valence-corrected chi connectivity index (χ1v) is 11.8. The third kappa shape index (κ3) is 4.31. The Kier molecular flexibility index (Phi) is 5.89. The highest BCUT2D eigenvalue weighted by Gasteiger charge is 2.25. The SMILES string of the molecule is O=C(N[C@H]1CCOc2ccccc21)c1ccc2nc(C3CCN(CCO)CC3)sc2c1. The summed E-state index contributed by atoms with van der Waals surface area (Å²) in [6, 6.07) is 13.7. The lowest BCUT2D eigenvalue weighted by molar-refractivity contribution is 0.0925. The maximum atomic E-state index is 13.0. The number of amides is 1. The molecule has 1 saturated heterocycles. The number of likely N-dealkylation sites (tertiary alicyclic amines) is 1. The van der Waals surface area contributed by atoms with E-state index in [0.717, 1.165) is 65.4 Å². The Labute approximate surface area is 185 Å². The number of thiazole rings is 1. The molecule has 2 aromatic carbocycles. The number of ether oxygens (including phenoxy) is 1. The van der Waals surface area contributed by atoms with Crippen molar-refractivity contribution >= 4 is 27.5 Å². The fourth-order valence-electron chi connectivity index (χ4n) is 4.54. The van der Waals surface area contributed by atoms with Gasteiger partial charge >= 0.3 is 0 Å². The highest BCUT2D eigenvalue weighted by Crippen LogP contribution is 2.35. The van der Waals surface area contributed by atoms with Crippen LogP contribution in [0.4, 0.5) is 0 Å². The fourth-order valence-corrected chi connectivity index (χ4v) is 5.71. The molecule has 0 aliphatic carbocycles. The van der Waals surface area contributed by atoms with Crippen LogP contribution in [0.3, 0.4) is 0 Å². The summed E-state index contributed by atoms with van der Waals surface area (Å²) in [5.74, 6) is 1.26. The average molecular weight is 438 g/mol. The van der Waals surface area contributed by atoms with Crippen molar-refractivity contribution in [2.24, 2.45) is 0 Å². The Bertz CT molecular complexity index is 1070. The van der Waals surface area contributed by atoms with Gasteiger partial charge in [-0.15, -0.1) is 11.3 Å². The molecule has 0 spiro atoms. The molecule has 2 aliphatic rings. The molecule has 3 aromatic rings. The van der Waals surface area contributed by atoms with Crippen molar-refractivity contribution in [2.75, 3.05) is 32.8 Å². The molecule has 162 valence electrons. The number of aromatic nitrogens is 1. The summed E-state index contributed by atoms with van der Waals surface area (Å²) in [6.45, 7) is 3.58. The van der Waals surface area contributed by atoms with Crippen LogP contribution < -0.4 is 10.1 Å². The zero-order chi connectivity index (χ0) is 21.2. The van der Waals surface area contributed by atoms with Crippen molar-refractivity contribution in [1.29, 1.82) is 0 Å². The average Bonchev–Trinajstić information content (AvgIpc) is 3.23. The maximum absolute atomic E-state index is 13.0. The lowest BCUT2D eigenvalue weighted by Crippen LogP contribution is -2.34. The van der Waals surface area contributed by atoms with Crippen molar-refractivity contribution in [3.63, 3.8) is 0 Å². The molecular weight excluding hydrogens is 410 g/mol. The molecule has 2 N–H and O–H groups in total. The van der Waals surface area contributed by atoms with Crippen LogP contribution in [0.2, 0.25) is 0 Å². The van der Waals surface area contributed by atoms with Crippen LogP contribution in [0, 0.1) is 0 Å². The number of carbonyl (C=O) groups is 1. The minimum atomic E-state index is -0.0594. The lowest BCUT2D eigenvalue weighted by Gasteiger charge is -2.30. The monoisotopic (exact) mass is 437 g/mol. The van der Waals surface area contributed by atoms with Crippen molar-refractivity contribution in [1.82, 2.24) is 15.2 Å². The Balaban J connectivity index is 1.30. The summed E-state index contributed by atoms with van der Waals surface area (Å²) < 4.78 is 6.77. The molecule has 31 heavy (non-hydrogen) atoms. The van der Waals surface area contributed by atoms with E-state index in [4.69, 9.17) is 14.8 Å². The van der Waals surface area contributed by atoms with Gasteiger partial charge in [-0.3, -0.25) is 4.79 Å². The molecule has 1 fully saturated rings. The number of hydrogen-bond acceptors (Lipinski definition) is 6. The number of carbonyl (C=O) groups excluding carboxylic acids is 1. The minimum absolute atomic E-state index is 0.0331. The molecule has 3 heterocycles. The van der Waals surface area contributed by atoms with Gasteiger partial charge in [0.2, 0.25) is 0 Å². The second kappa shape index (κ2) is 8.94. The van der Waals surface area contributed by atoms with E-state index in [1.54, 1.807) is 11.3 Å². The van der Waals surface area contributed by atoms with Crippen molar-refractivity contribution in [2.45, 2.75) is 31.2 Å². The number of hydrogen-bond donors (Lipinski definition) is 2. The molecule has 2 aliphatic heterocycles. The molecule has 1 atom stereocenters. The highest BCUT2D eigenvalue weighted by atomic mass is 32.1. The van der Waals surface area contributed by atoms with Crippen LogP contribution in [0.1, 0.15) is 52.2 Å². The van der Waals surface area contributed by atoms with Crippen molar-refractivity contribution in [3.05, 3.63) is 58.6 Å². The van der Waals surface area contributed by atoms with Crippen LogP contribution in [0.15, 0.2) is 42.5 Å². The van der Waals surface area contributed by atoms with Gasteiger partial charge in [0.25, 0.3) is 5.91 Å². The Morgan fingerprint density at radius 2 is 2.03 bits per heavy atom. The second-order valence-corrected chi connectivity index (χ2v) is 9.34. The van der Waals surface area contributed by atoms with E-state index >= 15 is 0 Å². The van der Waals surface area contributed by atoms with E-state index in [1.807, 2.05) is 42.5 Å². The van der Waals surface area contributed by atoms with E-state index in [2.05, 4.69) is 10.2 Å². The van der Waals surface area contributed by atoms with Crippen molar-refractivity contribution < 1.29 is 14.6 Å². The van der Waals surface area contributed by atoms with E-state index in [-0.39, 0.29) is 18.6 Å². The Morgan fingerprint density at radius 1 is 1.19 bits per heavy atom. The summed E-state index contributed by atoms with van der Waals surface area (Å²) in [4.78, 5) is 20.1. The van der Waals surface area contributed by atoms with Crippen LogP contribution in [-0.2, 0) is 0 Å². The fraction of sp³-hybridized carbons (Fsp3) is 0.417. The smallest absolute Gasteiger partial charge is 0.251 e. The molecule has 6 nitrogen and oxygen atoms in total. The maximum Gasteiger partial charge on any atom is 0.251 e. The van der Waals surface area contributed by atoms with Crippen LogP contribution in [-0.4, -0.2) is 53.7 Å². The number of nitrogens with one attached hydrogen (secondary N) is 1. The molecule has 0 radical (unpaired) electrons. The molecule has 7 heteroatoms. The molecule has 1 aromatic heterocycles. The number of rotatable bonds is 5. The van der Waals surface area contributed by atoms with Gasteiger partial charge in [-0.25, -0.2) is 4.98 Å². The van der Waals surface area contributed by atoms with Crippen LogP contribution in [0.25, 0.3) is 10.2 Å². The van der Waals surface area contributed by atoms with Crippen molar-refractivity contribution in [3.8, 4) is 5.75 Å². The van der Waals surface area contributed by atoms with Gasteiger partial charge in [0.05, 0.1) is 34.5 Å². The Morgan fingerprint density at radius 3 is 2.87 bits per heavy atom. The van der Waals surface area contributed by atoms with E-state index in [0.29, 0.717) is 18.1 Å². The van der Waals surface area contributed by atoms with Gasteiger partial charge in [0, 0.05) is 30.0 Å². The zero-order valence-corrected chi connectivity index (χ0v) is 18.2. The van der Waals surface area contributed by atoms with E-state index in [9.17, 15) is 4.79 Å². The molecule has 1 amide bonds. The van der Waals surface area contributed by atoms with Gasteiger partial charge in [0.1, 0.15) is 5.75 Å². The van der Waals surface area contributed by atoms with Crippen LogP contribution >= 0.6 is 11.3 Å². The summed E-state index contributed by atoms with van der Waals surface area (Å²) in [6.07, 6.45) is 2.90. The van der Waals surface area contributed by atoms with E-state index < -0.39 is 0 Å². The quantitative estimate of drug-likeness (QED) is 0.636. The zero-order valence-electron chi connectivity index (χ0n) is 17.4. The molecule has 0 saturated carbocycles. The predicted molar refractivity (Wildman–Crippen MR) is 122 cm³/mol. The van der Waals surface area contributed by atoms with Gasteiger partial charge < -0.3 is 20.1 Å². The predicted octanol–water partition coefficient (Wildman–Crippen LogP) is 3.72. The number of aliphatic hydroxyl groups excluding tert-OH is 1. The molecule has 0 bridgehead atoms. The number of nitrogens with zero attached hydrogens (tertiary/aromatic N) is 2. The number of fused-ring (bicyclic) bond motifs is 2. The molecular formula is C24H27N3O3S. The highest BCUT2D eigenvalue weighted by molar-refractivity contribution is 7.18. The van der Waals surface area contributed by atoms with Gasteiger partial charge in [-0.2, -0.15) is 0 Å². The third-order valence-electron chi connectivity index (χ3n) is 6.28. The lowest BCUT2D eigenvalue weighted by atomic mass is 9.97. The molecule has 5 rings (SSSR count). The third-order valence-corrected chi connectivity index (χ3v) is 7.46. The number of piperidine rings is 1.